The Kier molecular flexibility index (Phi) is 4.01. The topological polar surface area (TPSA) is 77.2 Å². The fraction of sp³-hybridized carbons (Fsp3) is 0.231. The molecule has 0 saturated carbocycles. The van der Waals surface area contributed by atoms with Crippen molar-refractivity contribution >= 4 is 33.8 Å². The Hall–Kier alpha value is -2.08. The van der Waals surface area contributed by atoms with Crippen molar-refractivity contribution in [3.8, 4) is 0 Å². The Labute approximate surface area is 115 Å². The summed E-state index contributed by atoms with van der Waals surface area (Å²) in [5.74, 6) is -0.370. The number of hydrogen-bond acceptors (Lipinski definition) is 6. The normalized spacial score (nSPS) is 10.2. The minimum Gasteiger partial charge on any atom is -0.462 e. The molecule has 2 rings (SSSR count). The average molecular weight is 277 g/mol. The van der Waals surface area contributed by atoms with Gasteiger partial charge in [-0.2, -0.15) is 0 Å². The number of anilines is 3. The van der Waals surface area contributed by atoms with Crippen molar-refractivity contribution in [2.45, 2.75) is 13.8 Å². The highest BCUT2D eigenvalue weighted by Gasteiger charge is 2.09. The number of nitrogens with two attached hydrogens (primary N) is 1. The number of ether oxygens (including phenoxy) is 1. The number of hydrogen-bond donors (Lipinski definition) is 2. The van der Waals surface area contributed by atoms with Gasteiger partial charge in [0.2, 0.25) is 0 Å². The second-order valence-corrected chi connectivity index (χ2v) is 4.80. The van der Waals surface area contributed by atoms with Gasteiger partial charge in [0.15, 0.2) is 5.13 Å². The highest BCUT2D eigenvalue weighted by molar-refractivity contribution is 7.13. The minimum absolute atomic E-state index is 0.344. The number of carbonyl (C=O) groups is 1. The molecule has 0 fully saturated rings. The standard InChI is InChI=1S/C13H15N3O2S/c1-3-18-12(17)9-4-5-11(10(14)6-9)16-13-15-8(2)7-19-13/h4-7H,3,14H2,1-2H3,(H,15,16). The van der Waals surface area contributed by atoms with Gasteiger partial charge >= 0.3 is 5.97 Å². The van der Waals surface area contributed by atoms with E-state index in [1.807, 2.05) is 12.3 Å². The van der Waals surface area contributed by atoms with Crippen LogP contribution in [0.4, 0.5) is 16.5 Å². The summed E-state index contributed by atoms with van der Waals surface area (Å²) in [6, 6.07) is 5.02. The average Bonchev–Trinajstić information content (AvgIpc) is 2.78. The monoisotopic (exact) mass is 277 g/mol. The van der Waals surface area contributed by atoms with E-state index in [0.29, 0.717) is 17.9 Å². The van der Waals surface area contributed by atoms with Gasteiger partial charge in [0.05, 0.1) is 29.2 Å². The Bertz CT molecular complexity index is 595. The van der Waals surface area contributed by atoms with Crippen LogP contribution >= 0.6 is 11.3 Å². The van der Waals surface area contributed by atoms with Gasteiger partial charge < -0.3 is 15.8 Å². The van der Waals surface area contributed by atoms with Crippen LogP contribution in [0.3, 0.4) is 0 Å². The van der Waals surface area contributed by atoms with Gasteiger partial charge in [-0.3, -0.25) is 0 Å². The molecule has 0 aliphatic heterocycles. The van der Waals surface area contributed by atoms with Gasteiger partial charge in [-0.15, -0.1) is 11.3 Å². The third kappa shape index (κ3) is 3.23. The molecule has 6 heteroatoms. The molecule has 0 radical (unpaired) electrons. The summed E-state index contributed by atoms with van der Waals surface area (Å²) < 4.78 is 4.92. The van der Waals surface area contributed by atoms with E-state index in [9.17, 15) is 4.79 Å². The van der Waals surface area contributed by atoms with E-state index < -0.39 is 0 Å². The summed E-state index contributed by atoms with van der Waals surface area (Å²) in [6.07, 6.45) is 0. The third-order valence-corrected chi connectivity index (χ3v) is 3.30. The maximum atomic E-state index is 11.6. The number of nitrogen functional groups attached to an aromatic ring is 1. The molecule has 0 aliphatic carbocycles. The predicted octanol–water partition coefficient (Wildman–Crippen LogP) is 2.95. The lowest BCUT2D eigenvalue weighted by Crippen LogP contribution is -2.06. The van der Waals surface area contributed by atoms with Crippen LogP contribution in [0, 0.1) is 6.92 Å². The van der Waals surface area contributed by atoms with Crippen LogP contribution < -0.4 is 11.1 Å². The van der Waals surface area contributed by atoms with Crippen LogP contribution in [0.25, 0.3) is 0 Å². The lowest BCUT2D eigenvalue weighted by molar-refractivity contribution is 0.0526. The van der Waals surface area contributed by atoms with Gasteiger partial charge in [-0.1, -0.05) is 0 Å². The molecule has 2 aromatic rings. The summed E-state index contributed by atoms with van der Waals surface area (Å²) in [5, 5.41) is 5.84. The molecule has 1 aromatic heterocycles. The highest BCUT2D eigenvalue weighted by atomic mass is 32.1. The number of thiazole rings is 1. The zero-order chi connectivity index (χ0) is 13.8. The Morgan fingerprint density at radius 2 is 2.32 bits per heavy atom. The number of esters is 1. The molecule has 19 heavy (non-hydrogen) atoms. The van der Waals surface area contributed by atoms with Crippen molar-refractivity contribution in [2.75, 3.05) is 17.7 Å². The van der Waals surface area contributed by atoms with Crippen molar-refractivity contribution in [3.05, 3.63) is 34.8 Å². The maximum Gasteiger partial charge on any atom is 0.338 e. The summed E-state index contributed by atoms with van der Waals surface area (Å²) >= 11 is 1.50. The van der Waals surface area contributed by atoms with Crippen LogP contribution in [-0.4, -0.2) is 17.6 Å². The molecule has 5 nitrogen and oxygen atoms in total. The first-order valence-electron chi connectivity index (χ1n) is 5.86. The number of rotatable bonds is 4. The fourth-order valence-electron chi connectivity index (χ4n) is 1.54. The van der Waals surface area contributed by atoms with Crippen LogP contribution in [0.1, 0.15) is 23.0 Å². The summed E-state index contributed by atoms with van der Waals surface area (Å²) in [5.41, 5.74) is 8.52. The van der Waals surface area contributed by atoms with Gasteiger partial charge in [0.1, 0.15) is 0 Å². The van der Waals surface area contributed by atoms with E-state index in [1.54, 1.807) is 25.1 Å². The molecule has 0 bridgehead atoms. The van der Waals surface area contributed by atoms with E-state index in [1.165, 1.54) is 11.3 Å². The number of benzene rings is 1. The van der Waals surface area contributed by atoms with Crippen LogP contribution in [0.2, 0.25) is 0 Å². The van der Waals surface area contributed by atoms with E-state index in [4.69, 9.17) is 10.5 Å². The Morgan fingerprint density at radius 1 is 1.53 bits per heavy atom. The summed E-state index contributed by atoms with van der Waals surface area (Å²) in [4.78, 5) is 15.9. The first kappa shape index (κ1) is 13.4. The number of nitrogens with one attached hydrogen (secondary N) is 1. The highest BCUT2D eigenvalue weighted by Crippen LogP contribution is 2.26. The molecular weight excluding hydrogens is 262 g/mol. The lowest BCUT2D eigenvalue weighted by Gasteiger charge is -2.08. The Balaban J connectivity index is 2.17. The molecule has 0 saturated heterocycles. The van der Waals surface area contributed by atoms with E-state index in [2.05, 4.69) is 10.3 Å². The van der Waals surface area contributed by atoms with Crippen molar-refractivity contribution in [2.24, 2.45) is 0 Å². The SMILES string of the molecule is CCOC(=O)c1ccc(Nc2nc(C)cs2)c(N)c1. The van der Waals surface area contributed by atoms with Crippen LogP contribution in [0.15, 0.2) is 23.6 Å². The van der Waals surface area contributed by atoms with Crippen molar-refractivity contribution in [1.82, 2.24) is 4.98 Å². The van der Waals surface area contributed by atoms with E-state index in [0.717, 1.165) is 16.5 Å². The number of nitrogens with zero attached hydrogens (tertiary/aromatic N) is 1. The first-order valence-corrected chi connectivity index (χ1v) is 6.74. The third-order valence-electron chi connectivity index (χ3n) is 2.42. The number of aromatic nitrogens is 1. The summed E-state index contributed by atoms with van der Waals surface area (Å²) in [7, 11) is 0. The van der Waals surface area contributed by atoms with E-state index in [-0.39, 0.29) is 5.97 Å². The molecule has 0 spiro atoms. The fourth-order valence-corrected chi connectivity index (χ4v) is 2.25. The molecule has 1 heterocycles. The second-order valence-electron chi connectivity index (χ2n) is 3.94. The summed E-state index contributed by atoms with van der Waals surface area (Å²) in [6.45, 7) is 4.04. The van der Waals surface area contributed by atoms with Crippen molar-refractivity contribution < 1.29 is 9.53 Å². The molecule has 0 atom stereocenters. The van der Waals surface area contributed by atoms with Gasteiger partial charge in [0.25, 0.3) is 0 Å². The van der Waals surface area contributed by atoms with Gasteiger partial charge in [-0.05, 0) is 32.0 Å². The second kappa shape index (κ2) is 5.71. The largest absolute Gasteiger partial charge is 0.462 e. The zero-order valence-electron chi connectivity index (χ0n) is 10.8. The molecular formula is C13H15N3O2S. The molecule has 3 N–H and O–H groups in total. The lowest BCUT2D eigenvalue weighted by atomic mass is 10.2. The quantitative estimate of drug-likeness (QED) is 0.663. The smallest absolute Gasteiger partial charge is 0.338 e. The van der Waals surface area contributed by atoms with E-state index >= 15 is 0 Å². The number of aryl methyl sites for hydroxylation is 1. The molecule has 0 unspecified atom stereocenters. The van der Waals surface area contributed by atoms with Crippen LogP contribution in [0.5, 0.6) is 0 Å². The van der Waals surface area contributed by atoms with Crippen molar-refractivity contribution in [3.63, 3.8) is 0 Å². The van der Waals surface area contributed by atoms with Gasteiger partial charge in [0, 0.05) is 5.38 Å². The van der Waals surface area contributed by atoms with Crippen LogP contribution in [-0.2, 0) is 4.74 Å². The van der Waals surface area contributed by atoms with Gasteiger partial charge in [-0.25, -0.2) is 9.78 Å². The van der Waals surface area contributed by atoms with Crippen molar-refractivity contribution in [1.29, 1.82) is 0 Å². The predicted molar refractivity (Wildman–Crippen MR) is 76.9 cm³/mol. The molecule has 1 aromatic carbocycles. The molecule has 100 valence electrons. The minimum atomic E-state index is -0.370. The first-order chi connectivity index (χ1) is 9.10. The number of carbonyl (C=O) groups excluding carboxylic acids is 1. The molecule has 0 aliphatic rings. The molecule has 0 amide bonds. The zero-order valence-corrected chi connectivity index (χ0v) is 11.6. The Morgan fingerprint density at radius 3 is 2.89 bits per heavy atom. The maximum absolute atomic E-state index is 11.6.